The highest BCUT2D eigenvalue weighted by Gasteiger charge is 2.74. The fourth-order valence-electron chi connectivity index (χ4n) is 6.03. The third-order valence-electron chi connectivity index (χ3n) is 7.07. The van der Waals surface area contributed by atoms with Crippen LogP contribution in [0.15, 0.2) is 24.3 Å². The third kappa shape index (κ3) is 2.24. The average Bonchev–Trinajstić information content (AvgIpc) is 2.99. The number of halogens is 1. The molecule has 6 rings (SSSR count). The molecule has 0 radical (unpaired) electrons. The van der Waals surface area contributed by atoms with E-state index in [4.69, 9.17) is 6.42 Å². The second-order valence-electron chi connectivity index (χ2n) is 8.87. The number of hydrogen-bond acceptors (Lipinski definition) is 1. The lowest BCUT2D eigenvalue weighted by atomic mass is 9.39. The molecular formula is C23H25FN2O. The van der Waals surface area contributed by atoms with E-state index in [-0.39, 0.29) is 23.4 Å². The van der Waals surface area contributed by atoms with Crippen molar-refractivity contribution in [1.82, 2.24) is 9.88 Å². The van der Waals surface area contributed by atoms with E-state index in [1.54, 1.807) is 0 Å². The summed E-state index contributed by atoms with van der Waals surface area (Å²) in [5, 5.41) is 1.23. The Kier molecular flexibility index (Phi) is 3.50. The molecule has 1 amide bonds. The van der Waals surface area contributed by atoms with E-state index in [2.05, 4.69) is 36.0 Å². The minimum atomic E-state index is -1.01. The highest BCUT2D eigenvalue weighted by atomic mass is 19.1. The van der Waals surface area contributed by atoms with E-state index in [0.717, 1.165) is 36.9 Å². The summed E-state index contributed by atoms with van der Waals surface area (Å²) in [6.45, 7) is 2.17. The van der Waals surface area contributed by atoms with E-state index in [1.165, 1.54) is 10.9 Å². The second kappa shape index (κ2) is 5.61. The summed E-state index contributed by atoms with van der Waals surface area (Å²) in [5.41, 5.74) is 2.33. The first-order valence-corrected chi connectivity index (χ1v) is 10.1. The molecule has 2 bridgehead atoms. The van der Waals surface area contributed by atoms with Crippen LogP contribution >= 0.6 is 0 Å². The number of alkyl halides is 1. The van der Waals surface area contributed by atoms with Crippen LogP contribution in [0.1, 0.15) is 62.7 Å². The Labute approximate surface area is 159 Å². The van der Waals surface area contributed by atoms with Crippen molar-refractivity contribution in [1.29, 1.82) is 0 Å². The van der Waals surface area contributed by atoms with Crippen molar-refractivity contribution in [2.45, 2.75) is 69.6 Å². The Morgan fingerprint density at radius 1 is 1.37 bits per heavy atom. The van der Waals surface area contributed by atoms with Crippen molar-refractivity contribution in [2.24, 2.45) is 5.41 Å². The van der Waals surface area contributed by atoms with E-state index in [1.807, 2.05) is 11.0 Å². The molecule has 0 saturated heterocycles. The third-order valence-corrected chi connectivity index (χ3v) is 7.07. The lowest BCUT2D eigenvalue weighted by Crippen LogP contribution is -2.70. The van der Waals surface area contributed by atoms with Crippen molar-refractivity contribution in [2.75, 3.05) is 0 Å². The number of para-hydroxylation sites is 1. The van der Waals surface area contributed by atoms with E-state index in [0.29, 0.717) is 19.3 Å². The zero-order valence-electron chi connectivity index (χ0n) is 15.7. The van der Waals surface area contributed by atoms with Crippen LogP contribution in [0, 0.1) is 17.8 Å². The van der Waals surface area contributed by atoms with Crippen molar-refractivity contribution in [3.05, 3.63) is 35.5 Å². The van der Waals surface area contributed by atoms with Gasteiger partial charge in [0.2, 0.25) is 0 Å². The summed E-state index contributed by atoms with van der Waals surface area (Å²) in [4.78, 5) is 18.4. The first-order chi connectivity index (χ1) is 13.0. The maximum absolute atomic E-state index is 14.4. The Morgan fingerprint density at radius 2 is 2.11 bits per heavy atom. The SMILES string of the molecule is C#CC(=O)N1[C@@H](CCCC)Cc2c([nH]c3ccccc23)[C@@H]1C12CC(F)(C1)C2. The number of nitrogens with zero attached hydrogens (tertiary/aromatic N) is 1. The molecule has 27 heavy (non-hydrogen) atoms. The molecule has 3 aliphatic carbocycles. The molecule has 3 nitrogen and oxygen atoms in total. The van der Waals surface area contributed by atoms with Crippen LogP contribution in [-0.4, -0.2) is 27.5 Å². The molecule has 1 N–H and O–H groups in total. The first kappa shape index (κ1) is 16.9. The first-order valence-electron chi connectivity index (χ1n) is 10.1. The molecule has 2 heterocycles. The monoisotopic (exact) mass is 364 g/mol. The van der Waals surface area contributed by atoms with Crippen LogP contribution in [-0.2, 0) is 11.2 Å². The maximum atomic E-state index is 14.4. The Morgan fingerprint density at radius 3 is 2.78 bits per heavy atom. The highest BCUT2D eigenvalue weighted by Crippen LogP contribution is 2.75. The molecule has 2 atom stereocenters. The Hall–Kier alpha value is -2.28. The number of nitrogens with one attached hydrogen (secondary N) is 1. The van der Waals surface area contributed by atoms with Gasteiger partial charge >= 0.3 is 0 Å². The van der Waals surface area contributed by atoms with Crippen LogP contribution in [0.25, 0.3) is 10.9 Å². The van der Waals surface area contributed by atoms with Gasteiger partial charge in [0.15, 0.2) is 0 Å². The number of amides is 1. The van der Waals surface area contributed by atoms with E-state index < -0.39 is 5.67 Å². The predicted molar refractivity (Wildman–Crippen MR) is 104 cm³/mol. The molecular weight excluding hydrogens is 339 g/mol. The summed E-state index contributed by atoms with van der Waals surface area (Å²) in [6.07, 6.45) is 11.1. The smallest absolute Gasteiger partial charge is 0.299 e. The molecule has 3 saturated carbocycles. The summed E-state index contributed by atoms with van der Waals surface area (Å²) >= 11 is 0. The van der Waals surface area contributed by atoms with Crippen LogP contribution in [0.2, 0.25) is 0 Å². The van der Waals surface area contributed by atoms with Gasteiger partial charge < -0.3 is 9.88 Å². The van der Waals surface area contributed by atoms with Crippen molar-refractivity contribution in [3.8, 4) is 12.3 Å². The zero-order valence-corrected chi connectivity index (χ0v) is 15.7. The molecule has 2 aromatic rings. The topological polar surface area (TPSA) is 36.1 Å². The molecule has 0 spiro atoms. The van der Waals surface area contributed by atoms with Gasteiger partial charge in [0.25, 0.3) is 5.91 Å². The number of rotatable bonds is 4. The van der Waals surface area contributed by atoms with Crippen LogP contribution in [0.4, 0.5) is 4.39 Å². The molecule has 4 heteroatoms. The quantitative estimate of drug-likeness (QED) is 0.786. The van der Waals surface area contributed by atoms with Gasteiger partial charge in [0, 0.05) is 28.1 Å². The van der Waals surface area contributed by atoms with Crippen molar-refractivity contribution < 1.29 is 9.18 Å². The number of H-pyrrole nitrogens is 1. The number of hydrogen-bond donors (Lipinski definition) is 1. The Bertz CT molecular complexity index is 949. The van der Waals surface area contributed by atoms with Crippen LogP contribution < -0.4 is 0 Å². The number of benzene rings is 1. The standard InChI is InChI=1S/C23H25FN2O/c1-3-5-8-15-11-17-16-9-6-7-10-18(16)25-20(17)21(26(15)19(27)4-2)22-12-23(24,13-22)14-22/h2,6-7,9-10,15,21,25H,3,5,8,11-14H2,1H3/t15-,21+,22?,23?/m0/s1. The number of aromatic nitrogens is 1. The maximum Gasteiger partial charge on any atom is 0.299 e. The summed E-state index contributed by atoms with van der Waals surface area (Å²) in [5.74, 6) is 2.11. The van der Waals surface area contributed by atoms with Crippen molar-refractivity contribution in [3.63, 3.8) is 0 Å². The minimum absolute atomic E-state index is 0.0924. The highest BCUT2D eigenvalue weighted by molar-refractivity contribution is 5.94. The molecule has 1 aliphatic heterocycles. The van der Waals surface area contributed by atoms with Gasteiger partial charge in [-0.05, 0) is 49.7 Å². The molecule has 1 aromatic carbocycles. The van der Waals surface area contributed by atoms with Crippen LogP contribution in [0.3, 0.4) is 0 Å². The molecule has 4 aliphatic rings. The van der Waals surface area contributed by atoms with E-state index >= 15 is 0 Å². The number of aromatic amines is 1. The molecule has 0 unspecified atom stereocenters. The molecule has 3 fully saturated rings. The van der Waals surface area contributed by atoms with Gasteiger partial charge in [-0.15, -0.1) is 6.42 Å². The largest absolute Gasteiger partial charge is 0.356 e. The number of fused-ring (bicyclic) bond motifs is 3. The van der Waals surface area contributed by atoms with Crippen LogP contribution in [0.5, 0.6) is 0 Å². The van der Waals surface area contributed by atoms with E-state index in [9.17, 15) is 9.18 Å². The number of terminal acetylenes is 1. The lowest BCUT2D eigenvalue weighted by Gasteiger charge is -2.70. The van der Waals surface area contributed by atoms with Gasteiger partial charge in [-0.1, -0.05) is 38.0 Å². The summed E-state index contributed by atoms with van der Waals surface area (Å²) < 4.78 is 14.4. The number of carbonyl (C=O) groups is 1. The van der Waals surface area contributed by atoms with Gasteiger partial charge in [0.1, 0.15) is 5.67 Å². The van der Waals surface area contributed by atoms with Gasteiger partial charge in [0.05, 0.1) is 6.04 Å². The zero-order chi connectivity index (χ0) is 18.8. The van der Waals surface area contributed by atoms with Gasteiger partial charge in [-0.2, -0.15) is 0 Å². The molecule has 140 valence electrons. The minimum Gasteiger partial charge on any atom is -0.356 e. The lowest BCUT2D eigenvalue weighted by molar-refractivity contribution is -0.251. The Balaban J connectivity index is 1.66. The van der Waals surface area contributed by atoms with Crippen molar-refractivity contribution >= 4 is 16.8 Å². The number of unbranched alkanes of at least 4 members (excludes halogenated alkanes) is 1. The second-order valence-corrected chi connectivity index (χ2v) is 8.87. The summed E-state index contributed by atoms with van der Waals surface area (Å²) in [6, 6.07) is 8.28. The predicted octanol–water partition coefficient (Wildman–Crippen LogP) is 4.68. The molecule has 1 aromatic heterocycles. The van der Waals surface area contributed by atoms with Gasteiger partial charge in [-0.3, -0.25) is 4.79 Å². The average molecular weight is 364 g/mol. The normalized spacial score (nSPS) is 33.7. The fraction of sp³-hybridized carbons (Fsp3) is 0.522. The summed E-state index contributed by atoms with van der Waals surface area (Å²) in [7, 11) is 0. The number of carbonyl (C=O) groups excluding carboxylic acids is 1. The van der Waals surface area contributed by atoms with Gasteiger partial charge in [-0.25, -0.2) is 4.39 Å². The fourth-order valence-corrected chi connectivity index (χ4v) is 6.03.